The molecule has 0 saturated carbocycles. The van der Waals surface area contributed by atoms with Crippen LogP contribution in [0.1, 0.15) is 6.42 Å². The maximum absolute atomic E-state index is 12.2. The second-order valence-corrected chi connectivity index (χ2v) is 5.90. The molecule has 6 nitrogen and oxygen atoms in total. The smallest absolute Gasteiger partial charge is 0.223 e. The summed E-state index contributed by atoms with van der Waals surface area (Å²) in [7, 11) is 0. The Kier molecular flexibility index (Phi) is 5.24. The van der Waals surface area contributed by atoms with Gasteiger partial charge in [0.05, 0.1) is 0 Å². The van der Waals surface area contributed by atoms with Crippen molar-refractivity contribution in [2.24, 2.45) is 0 Å². The maximum Gasteiger partial charge on any atom is 0.223 e. The Morgan fingerprint density at radius 1 is 1.09 bits per heavy atom. The zero-order chi connectivity index (χ0) is 15.2. The van der Waals surface area contributed by atoms with E-state index >= 15 is 0 Å². The van der Waals surface area contributed by atoms with E-state index in [9.17, 15) is 4.79 Å². The molecule has 120 valence electrons. The van der Waals surface area contributed by atoms with E-state index in [1.54, 1.807) is 0 Å². The van der Waals surface area contributed by atoms with Gasteiger partial charge in [-0.15, -0.1) is 0 Å². The highest BCUT2D eigenvalue weighted by Crippen LogP contribution is 2.12. The average molecular weight is 303 g/mol. The molecule has 0 unspecified atom stereocenters. The summed E-state index contributed by atoms with van der Waals surface area (Å²) >= 11 is 0. The van der Waals surface area contributed by atoms with Gasteiger partial charge in [0.1, 0.15) is 5.82 Å². The van der Waals surface area contributed by atoms with Gasteiger partial charge in [0.2, 0.25) is 5.91 Å². The number of amides is 1. The van der Waals surface area contributed by atoms with Crippen LogP contribution in [0.5, 0.6) is 0 Å². The molecule has 0 bridgehead atoms. The van der Waals surface area contributed by atoms with Crippen molar-refractivity contribution in [2.45, 2.75) is 6.42 Å². The minimum Gasteiger partial charge on any atom is -0.354 e. The number of hydrogen-bond donors (Lipinski definition) is 1. The summed E-state index contributed by atoms with van der Waals surface area (Å²) in [5.41, 5.74) is 0. The topological polar surface area (TPSA) is 51.7 Å². The van der Waals surface area contributed by atoms with E-state index in [0.717, 1.165) is 64.7 Å². The molecule has 22 heavy (non-hydrogen) atoms. The van der Waals surface area contributed by atoms with Gasteiger partial charge in [-0.1, -0.05) is 6.07 Å². The van der Waals surface area contributed by atoms with E-state index in [2.05, 4.69) is 26.2 Å². The molecule has 1 N–H and O–H groups in total. The second-order valence-electron chi connectivity index (χ2n) is 5.90. The number of carbonyl (C=O) groups excluding carboxylic acids is 1. The fourth-order valence-corrected chi connectivity index (χ4v) is 3.07. The molecule has 2 aliphatic rings. The number of aromatic nitrogens is 1. The highest BCUT2D eigenvalue weighted by atomic mass is 16.2. The summed E-state index contributed by atoms with van der Waals surface area (Å²) in [5, 5.41) is 3.28. The molecule has 3 rings (SSSR count). The van der Waals surface area contributed by atoms with E-state index < -0.39 is 0 Å². The number of piperazine rings is 2. The first-order chi connectivity index (χ1) is 10.8. The van der Waals surface area contributed by atoms with E-state index in [1.807, 2.05) is 23.2 Å². The Morgan fingerprint density at radius 3 is 2.55 bits per heavy atom. The zero-order valence-electron chi connectivity index (χ0n) is 13.1. The third kappa shape index (κ3) is 3.96. The molecule has 1 aromatic heterocycles. The summed E-state index contributed by atoms with van der Waals surface area (Å²) in [6.45, 7) is 8.41. The monoisotopic (exact) mass is 303 g/mol. The van der Waals surface area contributed by atoms with Crippen molar-refractivity contribution in [3.05, 3.63) is 24.4 Å². The molecule has 1 aromatic rings. The number of anilines is 1. The summed E-state index contributed by atoms with van der Waals surface area (Å²) in [5.74, 6) is 1.35. The van der Waals surface area contributed by atoms with Gasteiger partial charge in [0.15, 0.2) is 0 Å². The molecule has 2 saturated heterocycles. The minimum atomic E-state index is 0.300. The molecule has 6 heteroatoms. The van der Waals surface area contributed by atoms with Gasteiger partial charge in [-0.3, -0.25) is 9.69 Å². The molecule has 0 aliphatic carbocycles. The lowest BCUT2D eigenvalue weighted by Gasteiger charge is -2.35. The molecule has 3 heterocycles. The van der Waals surface area contributed by atoms with Crippen LogP contribution in [-0.2, 0) is 4.79 Å². The highest BCUT2D eigenvalue weighted by molar-refractivity contribution is 5.76. The molecule has 0 aromatic carbocycles. The Morgan fingerprint density at radius 2 is 1.86 bits per heavy atom. The van der Waals surface area contributed by atoms with Crippen LogP contribution >= 0.6 is 0 Å². The lowest BCUT2D eigenvalue weighted by atomic mass is 10.2. The normalized spacial score (nSPS) is 20.2. The van der Waals surface area contributed by atoms with Crippen molar-refractivity contribution in [1.82, 2.24) is 20.1 Å². The molecule has 2 aliphatic heterocycles. The van der Waals surface area contributed by atoms with Crippen LogP contribution in [0.3, 0.4) is 0 Å². The summed E-state index contributed by atoms with van der Waals surface area (Å²) in [6.07, 6.45) is 2.48. The molecule has 2 fully saturated rings. The fraction of sp³-hybridized carbons (Fsp3) is 0.625. The van der Waals surface area contributed by atoms with Gasteiger partial charge in [-0.2, -0.15) is 0 Å². The predicted molar refractivity (Wildman–Crippen MR) is 87.0 cm³/mol. The van der Waals surface area contributed by atoms with Crippen LogP contribution in [0.4, 0.5) is 5.82 Å². The van der Waals surface area contributed by atoms with Crippen molar-refractivity contribution in [3.8, 4) is 0 Å². The van der Waals surface area contributed by atoms with Gasteiger partial charge in [0.25, 0.3) is 0 Å². The number of hydrogen-bond acceptors (Lipinski definition) is 5. The first-order valence-corrected chi connectivity index (χ1v) is 8.20. The Bertz CT molecular complexity index is 467. The van der Waals surface area contributed by atoms with Crippen molar-refractivity contribution in [2.75, 3.05) is 63.8 Å². The first kappa shape index (κ1) is 15.2. The summed E-state index contributed by atoms with van der Waals surface area (Å²) in [4.78, 5) is 23.3. The van der Waals surface area contributed by atoms with Gasteiger partial charge >= 0.3 is 0 Å². The van der Waals surface area contributed by atoms with Crippen LogP contribution in [0, 0.1) is 0 Å². The lowest BCUT2D eigenvalue weighted by molar-refractivity contribution is -0.132. The van der Waals surface area contributed by atoms with Crippen molar-refractivity contribution in [1.29, 1.82) is 0 Å². The van der Waals surface area contributed by atoms with Gasteiger partial charge in [0, 0.05) is 71.5 Å². The van der Waals surface area contributed by atoms with Crippen LogP contribution in [0.2, 0.25) is 0 Å². The molecule has 0 atom stereocenters. The number of nitrogens with zero attached hydrogens (tertiary/aromatic N) is 4. The molecule has 0 spiro atoms. The van der Waals surface area contributed by atoms with E-state index in [0.29, 0.717) is 12.3 Å². The third-order valence-electron chi connectivity index (χ3n) is 4.46. The van der Waals surface area contributed by atoms with Gasteiger partial charge in [-0.05, 0) is 12.1 Å². The molecular weight excluding hydrogens is 278 g/mol. The average Bonchev–Trinajstić information content (AvgIpc) is 2.61. The Balaban J connectivity index is 1.39. The van der Waals surface area contributed by atoms with Gasteiger partial charge in [-0.25, -0.2) is 4.98 Å². The maximum atomic E-state index is 12.2. The largest absolute Gasteiger partial charge is 0.354 e. The summed E-state index contributed by atoms with van der Waals surface area (Å²) in [6, 6.07) is 6.03. The highest BCUT2D eigenvalue weighted by Gasteiger charge is 2.20. The van der Waals surface area contributed by atoms with Crippen molar-refractivity contribution in [3.63, 3.8) is 0 Å². The van der Waals surface area contributed by atoms with Crippen molar-refractivity contribution < 1.29 is 4.79 Å². The van der Waals surface area contributed by atoms with Crippen LogP contribution in [0.15, 0.2) is 24.4 Å². The van der Waals surface area contributed by atoms with Crippen LogP contribution in [0.25, 0.3) is 0 Å². The SMILES string of the molecule is O=C(CCN1CCN(c2ccccn2)CC1)N1CCNCC1. The number of nitrogens with one attached hydrogen (secondary N) is 1. The number of rotatable bonds is 4. The van der Waals surface area contributed by atoms with Crippen LogP contribution < -0.4 is 10.2 Å². The Labute approximate surface area is 132 Å². The molecule has 1 amide bonds. The second kappa shape index (κ2) is 7.56. The Hall–Kier alpha value is -1.66. The zero-order valence-corrected chi connectivity index (χ0v) is 13.1. The van der Waals surface area contributed by atoms with Crippen molar-refractivity contribution >= 4 is 11.7 Å². The first-order valence-electron chi connectivity index (χ1n) is 8.20. The predicted octanol–water partition coefficient (Wildman–Crippen LogP) is 0.0255. The number of carbonyl (C=O) groups is 1. The number of pyridine rings is 1. The van der Waals surface area contributed by atoms with E-state index in [1.165, 1.54) is 0 Å². The molecule has 0 radical (unpaired) electrons. The lowest BCUT2D eigenvalue weighted by Crippen LogP contribution is -2.49. The van der Waals surface area contributed by atoms with Gasteiger partial charge < -0.3 is 15.1 Å². The third-order valence-corrected chi connectivity index (χ3v) is 4.46. The van der Waals surface area contributed by atoms with Crippen LogP contribution in [-0.4, -0.2) is 79.6 Å². The summed E-state index contributed by atoms with van der Waals surface area (Å²) < 4.78 is 0. The minimum absolute atomic E-state index is 0.300. The standard InChI is InChI=1S/C16H25N5O/c22-16(21-9-6-17-7-10-21)4-8-19-11-13-20(14-12-19)15-3-1-2-5-18-15/h1-3,5,17H,4,6-14H2. The fourth-order valence-electron chi connectivity index (χ4n) is 3.07. The molecular formula is C16H25N5O. The quantitative estimate of drug-likeness (QED) is 0.850. The van der Waals surface area contributed by atoms with E-state index in [-0.39, 0.29) is 0 Å². The van der Waals surface area contributed by atoms with E-state index in [4.69, 9.17) is 0 Å².